The normalized spacial score (nSPS) is 17.8. The molecule has 448 valence electrons. The van der Waals surface area contributed by atoms with E-state index in [4.69, 9.17) is 15.2 Å². The molecule has 1 heterocycles. The molecule has 1 aromatic rings. The summed E-state index contributed by atoms with van der Waals surface area (Å²) in [6.07, 6.45) is 1.85. The van der Waals surface area contributed by atoms with Gasteiger partial charge in [-0.3, -0.25) is 38.4 Å². The van der Waals surface area contributed by atoms with Gasteiger partial charge in [0.1, 0.15) is 48.3 Å². The average Bonchev–Trinajstić information content (AvgIpc) is 3.42. The molecular formula is C58H99N9O12. The third-order valence-electron chi connectivity index (χ3n) is 15.4. The van der Waals surface area contributed by atoms with Crippen LogP contribution in [0.15, 0.2) is 30.3 Å². The van der Waals surface area contributed by atoms with Crippen molar-refractivity contribution >= 4 is 53.2 Å². The van der Waals surface area contributed by atoms with E-state index in [-0.39, 0.29) is 49.4 Å². The number of nitrogens with zero attached hydrogens (tertiary/aromatic N) is 6. The zero-order valence-corrected chi connectivity index (χ0v) is 50.8. The van der Waals surface area contributed by atoms with Crippen molar-refractivity contribution in [2.24, 2.45) is 29.4 Å². The molecule has 0 aromatic heterocycles. The summed E-state index contributed by atoms with van der Waals surface area (Å²) in [5, 5.41) is 15.8. The lowest BCUT2D eigenvalue weighted by molar-refractivity contribution is -0.193. The van der Waals surface area contributed by atoms with Gasteiger partial charge in [0.2, 0.25) is 47.3 Å². The molecule has 1 fully saturated rings. The van der Waals surface area contributed by atoms with E-state index in [2.05, 4.69) is 10.6 Å². The Labute approximate surface area is 471 Å². The molecule has 12 atom stereocenters. The number of nitrogens with one attached hydrogen (secondary N) is 2. The molecule has 1 aromatic carbocycles. The van der Waals surface area contributed by atoms with Crippen LogP contribution in [0.1, 0.15) is 140 Å². The SMILES string of the molecule is CC[C@H](N)C(=O)N[C@H](C(=O)N(C)[C@@H](CC(C)C)C(=O)N(C)[C@@H](C)C(=O)N(C)[C@@H](CC(C)C)C(=O)N[C@H](C(=O)N(C)[C@@H](Cc1ccccc1)C(=O)N(C)[C@@H](C)C(=O)N(C)[C@@H](CC(C)C)C(=O)O)[C@@H](C)OC1CCCCO1)[C@@H](C)CC. The standard InChI is InChI=1S/C58H99N9O12/c1-19-37(9)48(60-50(68)42(59)20-2)56(74)65(16)44(31-35(5)6)54(72)62(13)38(10)52(70)64(15)43(30-34(3)4)51(69)61-49(40(12)79-47-28-24-25-29-78-47)57(75)66(17)45(33-41-26-22-21-23-27-41)55(73)63(14)39(11)53(71)67(18)46(58(76)77)32-36(7)8/h21-23,26-27,34-40,42-49H,19-20,24-25,28-33,59H2,1-18H3,(H,60,68)(H,61,69)(H,76,77)/t37-,38-,39-,40+,42-,43-,44-,45-,46-,47?,48-,49-/m0/s1. The fraction of sp³-hybridized carbons (Fsp3) is 0.741. The number of carbonyl (C=O) groups excluding carboxylic acids is 8. The Morgan fingerprint density at radius 2 is 1.01 bits per heavy atom. The first kappa shape index (κ1) is 69.4. The number of carboxylic acids is 1. The zero-order valence-electron chi connectivity index (χ0n) is 50.8. The van der Waals surface area contributed by atoms with Crippen LogP contribution in [-0.2, 0) is 59.0 Å². The molecule has 0 bridgehead atoms. The van der Waals surface area contributed by atoms with Gasteiger partial charge in [0.05, 0.1) is 12.1 Å². The second-order valence-corrected chi connectivity index (χ2v) is 23.0. The highest BCUT2D eigenvalue weighted by Gasteiger charge is 2.43. The van der Waals surface area contributed by atoms with Crippen LogP contribution < -0.4 is 16.4 Å². The van der Waals surface area contributed by atoms with Crippen LogP contribution >= 0.6 is 0 Å². The smallest absolute Gasteiger partial charge is 0.326 e. The van der Waals surface area contributed by atoms with Crippen LogP contribution in [0.2, 0.25) is 0 Å². The van der Waals surface area contributed by atoms with Gasteiger partial charge in [0.25, 0.3) is 0 Å². The number of benzene rings is 1. The number of rotatable bonds is 31. The van der Waals surface area contributed by atoms with E-state index in [1.165, 1.54) is 80.6 Å². The van der Waals surface area contributed by atoms with Crippen molar-refractivity contribution in [2.75, 3.05) is 48.9 Å². The lowest BCUT2D eigenvalue weighted by Gasteiger charge is -2.39. The van der Waals surface area contributed by atoms with Gasteiger partial charge in [-0.15, -0.1) is 0 Å². The topological polar surface area (TPSA) is 262 Å². The van der Waals surface area contributed by atoms with Gasteiger partial charge >= 0.3 is 5.97 Å². The van der Waals surface area contributed by atoms with E-state index >= 15 is 4.79 Å². The van der Waals surface area contributed by atoms with Crippen LogP contribution in [0.4, 0.5) is 0 Å². The van der Waals surface area contributed by atoms with Gasteiger partial charge in [-0.25, -0.2) is 4.79 Å². The average molecular weight is 1110 g/mol. The lowest BCUT2D eigenvalue weighted by Crippen LogP contribution is -2.63. The maximum atomic E-state index is 15.3. The Morgan fingerprint density at radius 3 is 1.48 bits per heavy atom. The maximum absolute atomic E-state index is 15.3. The quantitative estimate of drug-likeness (QED) is 0.0816. The number of hydrogen-bond donors (Lipinski definition) is 4. The van der Waals surface area contributed by atoms with E-state index in [0.717, 1.165) is 17.7 Å². The fourth-order valence-electron chi connectivity index (χ4n) is 9.58. The molecule has 0 radical (unpaired) electrons. The number of likely N-dealkylation sites (N-methyl/N-ethyl adjacent to an activating group) is 6. The van der Waals surface area contributed by atoms with Gasteiger partial charge in [0, 0.05) is 55.3 Å². The fourth-order valence-corrected chi connectivity index (χ4v) is 9.58. The summed E-state index contributed by atoms with van der Waals surface area (Å²) in [4.78, 5) is 135. The molecule has 1 saturated heterocycles. The van der Waals surface area contributed by atoms with Crippen molar-refractivity contribution in [1.82, 2.24) is 40.0 Å². The second kappa shape index (κ2) is 32.6. The maximum Gasteiger partial charge on any atom is 0.326 e. The summed E-state index contributed by atoms with van der Waals surface area (Å²) in [5.41, 5.74) is 6.71. The Morgan fingerprint density at radius 1 is 0.570 bits per heavy atom. The summed E-state index contributed by atoms with van der Waals surface area (Å²) in [6.45, 7) is 21.8. The molecule has 0 spiro atoms. The number of aliphatic carboxylic acids is 1. The minimum atomic E-state index is -1.46. The van der Waals surface area contributed by atoms with Crippen molar-refractivity contribution in [2.45, 2.75) is 208 Å². The predicted octanol–water partition coefficient (Wildman–Crippen LogP) is 4.14. The van der Waals surface area contributed by atoms with Crippen LogP contribution in [0.3, 0.4) is 0 Å². The number of ether oxygens (including phenoxy) is 2. The Kier molecular flexibility index (Phi) is 28.6. The number of hydrogen-bond acceptors (Lipinski definition) is 12. The summed E-state index contributed by atoms with van der Waals surface area (Å²) < 4.78 is 12.3. The highest BCUT2D eigenvalue weighted by atomic mass is 16.7. The minimum absolute atomic E-state index is 0.00225. The summed E-state index contributed by atoms with van der Waals surface area (Å²) in [5.74, 6) is -6.50. The van der Waals surface area contributed by atoms with E-state index < -0.39 is 120 Å². The molecule has 0 saturated carbocycles. The van der Waals surface area contributed by atoms with Crippen LogP contribution in [0, 0.1) is 23.7 Å². The molecular weight excluding hydrogens is 1010 g/mol. The molecule has 1 unspecified atom stereocenters. The number of carbonyl (C=O) groups is 9. The summed E-state index contributed by atoms with van der Waals surface area (Å²) >= 11 is 0. The first-order valence-corrected chi connectivity index (χ1v) is 28.3. The summed E-state index contributed by atoms with van der Waals surface area (Å²) in [7, 11) is 8.68. The molecule has 5 N–H and O–H groups in total. The highest BCUT2D eigenvalue weighted by Crippen LogP contribution is 2.24. The molecule has 21 heteroatoms. The van der Waals surface area contributed by atoms with E-state index in [9.17, 15) is 43.5 Å². The van der Waals surface area contributed by atoms with Gasteiger partial charge in [-0.05, 0) is 95.0 Å². The molecule has 1 aliphatic heterocycles. The second-order valence-electron chi connectivity index (χ2n) is 23.0. The molecule has 0 aliphatic carbocycles. The monoisotopic (exact) mass is 1110 g/mol. The highest BCUT2D eigenvalue weighted by molar-refractivity contribution is 5.98. The van der Waals surface area contributed by atoms with Crippen molar-refractivity contribution in [1.29, 1.82) is 0 Å². The molecule has 1 aliphatic rings. The van der Waals surface area contributed by atoms with Gasteiger partial charge < -0.3 is 60.3 Å². The third-order valence-corrected chi connectivity index (χ3v) is 15.4. The third kappa shape index (κ3) is 19.8. The van der Waals surface area contributed by atoms with Crippen molar-refractivity contribution in [3.63, 3.8) is 0 Å². The van der Waals surface area contributed by atoms with Crippen LogP contribution in [-0.4, -0.2) is 203 Å². The molecule has 2 rings (SSSR count). The lowest BCUT2D eigenvalue weighted by atomic mass is 9.95. The Hall–Kier alpha value is -5.67. The first-order valence-electron chi connectivity index (χ1n) is 28.3. The van der Waals surface area contributed by atoms with E-state index in [1.54, 1.807) is 38.1 Å². The van der Waals surface area contributed by atoms with Crippen molar-refractivity contribution in [3.05, 3.63) is 35.9 Å². The molecule has 8 amide bonds. The Bertz CT molecular complexity index is 2170. The van der Waals surface area contributed by atoms with Crippen LogP contribution in [0.5, 0.6) is 0 Å². The minimum Gasteiger partial charge on any atom is -0.480 e. The van der Waals surface area contributed by atoms with E-state index in [1.807, 2.05) is 61.5 Å². The molecule has 79 heavy (non-hydrogen) atoms. The van der Waals surface area contributed by atoms with Crippen LogP contribution in [0.25, 0.3) is 0 Å². The van der Waals surface area contributed by atoms with Gasteiger partial charge in [0.15, 0.2) is 6.29 Å². The predicted molar refractivity (Wildman–Crippen MR) is 303 cm³/mol. The van der Waals surface area contributed by atoms with E-state index in [0.29, 0.717) is 31.4 Å². The first-order chi connectivity index (χ1) is 36.8. The largest absolute Gasteiger partial charge is 0.480 e. The Balaban J connectivity index is 2.63. The summed E-state index contributed by atoms with van der Waals surface area (Å²) in [6, 6.07) is -1.19. The van der Waals surface area contributed by atoms with Gasteiger partial charge in [-0.2, -0.15) is 0 Å². The number of amides is 8. The van der Waals surface area contributed by atoms with Crippen molar-refractivity contribution < 1.29 is 57.7 Å². The number of carboxylic acid groups (broad SMARTS) is 1. The van der Waals surface area contributed by atoms with Crippen molar-refractivity contribution in [3.8, 4) is 0 Å². The zero-order chi connectivity index (χ0) is 60.3. The molecule has 21 nitrogen and oxygen atoms in total. The van der Waals surface area contributed by atoms with Gasteiger partial charge in [-0.1, -0.05) is 99.1 Å². The number of nitrogens with two attached hydrogens (primary N) is 1.